The Labute approximate surface area is 139 Å². The second-order valence-electron chi connectivity index (χ2n) is 6.32. The van der Waals surface area contributed by atoms with Crippen molar-refractivity contribution >= 4 is 24.0 Å². The van der Waals surface area contributed by atoms with Crippen LogP contribution in [0.5, 0.6) is 0 Å². The summed E-state index contributed by atoms with van der Waals surface area (Å²) in [6, 6.07) is 8.58. The molecule has 1 fully saturated rings. The number of nitrogens with two attached hydrogens (primary N) is 1. The number of anilines is 1. The molecule has 2 atom stereocenters. The van der Waals surface area contributed by atoms with Gasteiger partial charge in [-0.1, -0.05) is 25.1 Å². The molecule has 0 aliphatic carbocycles. The first-order chi connectivity index (χ1) is 10.2. The highest BCUT2D eigenvalue weighted by Gasteiger charge is 2.31. The Kier molecular flexibility index (Phi) is 5.84. The van der Waals surface area contributed by atoms with E-state index >= 15 is 0 Å². The van der Waals surface area contributed by atoms with E-state index in [0.717, 1.165) is 25.2 Å². The largest absolute Gasteiger partial charge is 0.329 e. The van der Waals surface area contributed by atoms with Crippen LogP contribution in [-0.4, -0.2) is 43.0 Å². The lowest BCUT2D eigenvalue weighted by molar-refractivity contribution is -0.120. The summed E-state index contributed by atoms with van der Waals surface area (Å²) in [4.78, 5) is 16.9. The van der Waals surface area contributed by atoms with Crippen molar-refractivity contribution in [1.29, 1.82) is 0 Å². The van der Waals surface area contributed by atoms with Crippen molar-refractivity contribution in [3.63, 3.8) is 0 Å². The first-order valence-electron chi connectivity index (χ1n) is 8.03. The van der Waals surface area contributed by atoms with Gasteiger partial charge in [-0.05, 0) is 43.4 Å². The first-order valence-corrected chi connectivity index (χ1v) is 8.03. The van der Waals surface area contributed by atoms with Crippen LogP contribution in [0.25, 0.3) is 0 Å². The fourth-order valence-electron chi connectivity index (χ4n) is 3.77. The van der Waals surface area contributed by atoms with Crippen LogP contribution >= 0.6 is 12.4 Å². The lowest BCUT2D eigenvalue weighted by atomic mass is 9.91. The highest BCUT2D eigenvalue weighted by Crippen LogP contribution is 2.28. The molecule has 3 rings (SSSR count). The van der Waals surface area contributed by atoms with Crippen LogP contribution in [0.2, 0.25) is 0 Å². The van der Waals surface area contributed by atoms with Crippen LogP contribution in [0.15, 0.2) is 24.3 Å². The van der Waals surface area contributed by atoms with Crippen molar-refractivity contribution < 1.29 is 4.79 Å². The second kappa shape index (κ2) is 7.44. The number of hydrogen-bond donors (Lipinski definition) is 1. The van der Waals surface area contributed by atoms with Crippen LogP contribution in [0, 0.1) is 5.92 Å². The van der Waals surface area contributed by atoms with Crippen LogP contribution in [-0.2, 0) is 11.2 Å². The number of carbonyl (C=O) groups is 1. The van der Waals surface area contributed by atoms with E-state index in [0.29, 0.717) is 25.0 Å². The van der Waals surface area contributed by atoms with Crippen molar-refractivity contribution in [3.05, 3.63) is 29.8 Å². The van der Waals surface area contributed by atoms with Crippen molar-refractivity contribution in [2.75, 3.05) is 31.1 Å². The molecule has 22 heavy (non-hydrogen) atoms. The standard InChI is InChI=1S/C17H25N3O.ClH/c1-13-5-4-9-19(16(13)11-18)12-17(21)20-10-8-14-6-2-3-7-15(14)20;/h2-3,6-7,13,16H,4-5,8-12,18H2,1H3;1H. The highest BCUT2D eigenvalue weighted by molar-refractivity contribution is 5.96. The summed E-state index contributed by atoms with van der Waals surface area (Å²) in [5.74, 6) is 0.801. The summed E-state index contributed by atoms with van der Waals surface area (Å²) in [6.07, 6.45) is 3.36. The number of fused-ring (bicyclic) bond motifs is 1. The Morgan fingerprint density at radius 2 is 2.09 bits per heavy atom. The Bertz CT molecular complexity index is 522. The predicted octanol–water partition coefficient (Wildman–Crippen LogP) is 2.06. The van der Waals surface area contributed by atoms with Crippen molar-refractivity contribution in [3.8, 4) is 0 Å². The van der Waals surface area contributed by atoms with E-state index in [-0.39, 0.29) is 18.3 Å². The van der Waals surface area contributed by atoms with Crippen molar-refractivity contribution in [1.82, 2.24) is 4.90 Å². The van der Waals surface area contributed by atoms with E-state index in [1.54, 1.807) is 0 Å². The van der Waals surface area contributed by atoms with Gasteiger partial charge in [0.1, 0.15) is 0 Å². The fourth-order valence-corrected chi connectivity index (χ4v) is 3.77. The molecular weight excluding hydrogens is 298 g/mol. The van der Waals surface area contributed by atoms with Crippen LogP contribution in [0.1, 0.15) is 25.3 Å². The van der Waals surface area contributed by atoms with Gasteiger partial charge in [-0.25, -0.2) is 0 Å². The van der Waals surface area contributed by atoms with Gasteiger partial charge in [0.25, 0.3) is 0 Å². The van der Waals surface area contributed by atoms with E-state index in [1.807, 2.05) is 17.0 Å². The Balaban J connectivity index is 0.00000176. The monoisotopic (exact) mass is 323 g/mol. The summed E-state index contributed by atoms with van der Waals surface area (Å²) >= 11 is 0. The second-order valence-corrected chi connectivity index (χ2v) is 6.32. The maximum atomic E-state index is 12.7. The molecule has 2 N–H and O–H groups in total. The molecule has 1 aromatic carbocycles. The molecule has 0 bridgehead atoms. The number of para-hydroxylation sites is 1. The van der Waals surface area contributed by atoms with Gasteiger partial charge in [-0.2, -0.15) is 0 Å². The third-order valence-electron chi connectivity index (χ3n) is 5.00. The topological polar surface area (TPSA) is 49.6 Å². The van der Waals surface area contributed by atoms with E-state index in [9.17, 15) is 4.79 Å². The Morgan fingerprint density at radius 1 is 1.32 bits per heavy atom. The van der Waals surface area contributed by atoms with E-state index in [4.69, 9.17) is 5.73 Å². The minimum absolute atomic E-state index is 0. The number of benzene rings is 1. The van der Waals surface area contributed by atoms with E-state index < -0.39 is 0 Å². The molecule has 2 unspecified atom stereocenters. The molecule has 5 heteroatoms. The van der Waals surface area contributed by atoms with Gasteiger partial charge in [0.15, 0.2) is 0 Å². The van der Waals surface area contributed by atoms with Crippen LogP contribution in [0.4, 0.5) is 5.69 Å². The lowest BCUT2D eigenvalue weighted by Crippen LogP contribution is -2.52. The third kappa shape index (κ3) is 3.29. The summed E-state index contributed by atoms with van der Waals surface area (Å²) in [7, 11) is 0. The molecule has 1 aromatic rings. The quantitative estimate of drug-likeness (QED) is 0.926. The number of nitrogens with zero attached hydrogens (tertiary/aromatic N) is 2. The van der Waals surface area contributed by atoms with Gasteiger partial charge in [-0.15, -0.1) is 12.4 Å². The van der Waals surface area contributed by atoms with E-state index in [1.165, 1.54) is 18.4 Å². The van der Waals surface area contributed by atoms with Crippen LogP contribution < -0.4 is 10.6 Å². The molecule has 0 aromatic heterocycles. The third-order valence-corrected chi connectivity index (χ3v) is 5.00. The molecule has 122 valence electrons. The minimum Gasteiger partial charge on any atom is -0.329 e. The number of carbonyl (C=O) groups excluding carboxylic acids is 1. The average molecular weight is 324 g/mol. The van der Waals surface area contributed by atoms with E-state index in [2.05, 4.69) is 24.0 Å². The molecule has 0 spiro atoms. The number of piperidine rings is 1. The normalized spacial score (nSPS) is 24.7. The first kappa shape index (κ1) is 17.3. The zero-order valence-electron chi connectivity index (χ0n) is 13.2. The van der Waals surface area contributed by atoms with Crippen molar-refractivity contribution in [2.45, 2.75) is 32.2 Å². The predicted molar refractivity (Wildman–Crippen MR) is 92.6 cm³/mol. The SMILES string of the molecule is CC1CCCN(CC(=O)N2CCc3ccccc32)C1CN.Cl. The smallest absolute Gasteiger partial charge is 0.241 e. The maximum absolute atomic E-state index is 12.7. The summed E-state index contributed by atoms with van der Waals surface area (Å²) in [5, 5.41) is 0. The summed E-state index contributed by atoms with van der Waals surface area (Å²) < 4.78 is 0. The van der Waals surface area contributed by atoms with Crippen molar-refractivity contribution in [2.24, 2.45) is 11.7 Å². The van der Waals surface area contributed by atoms with Crippen LogP contribution in [0.3, 0.4) is 0 Å². The summed E-state index contributed by atoms with van der Waals surface area (Å²) in [6.45, 7) is 5.20. The Morgan fingerprint density at radius 3 is 2.86 bits per heavy atom. The molecule has 0 saturated carbocycles. The number of hydrogen-bond acceptors (Lipinski definition) is 3. The van der Waals surface area contributed by atoms with Gasteiger partial charge in [-0.3, -0.25) is 9.69 Å². The molecular formula is C17H26ClN3O. The molecule has 1 saturated heterocycles. The summed E-state index contributed by atoms with van der Waals surface area (Å²) in [5.41, 5.74) is 8.30. The van der Waals surface area contributed by atoms with Gasteiger partial charge in [0, 0.05) is 24.8 Å². The molecule has 4 nitrogen and oxygen atoms in total. The number of rotatable bonds is 3. The Hall–Kier alpha value is -1.10. The van der Waals surface area contributed by atoms with Gasteiger partial charge >= 0.3 is 0 Å². The molecule has 2 aliphatic rings. The zero-order valence-corrected chi connectivity index (χ0v) is 14.0. The zero-order chi connectivity index (χ0) is 14.8. The lowest BCUT2D eigenvalue weighted by Gasteiger charge is -2.39. The maximum Gasteiger partial charge on any atom is 0.241 e. The highest BCUT2D eigenvalue weighted by atomic mass is 35.5. The minimum atomic E-state index is 0. The number of halogens is 1. The number of amides is 1. The molecule has 2 heterocycles. The molecule has 0 radical (unpaired) electrons. The number of likely N-dealkylation sites (tertiary alicyclic amines) is 1. The van der Waals surface area contributed by atoms with Gasteiger partial charge < -0.3 is 10.6 Å². The van der Waals surface area contributed by atoms with Gasteiger partial charge in [0.05, 0.1) is 6.54 Å². The van der Waals surface area contributed by atoms with Gasteiger partial charge in [0.2, 0.25) is 5.91 Å². The molecule has 1 amide bonds. The fraction of sp³-hybridized carbons (Fsp3) is 0.588. The molecule has 2 aliphatic heterocycles. The average Bonchev–Trinajstić information content (AvgIpc) is 2.91.